The molecule has 4 rings (SSSR count). The van der Waals surface area contributed by atoms with Crippen LogP contribution in [0.5, 0.6) is 0 Å². The lowest BCUT2D eigenvalue weighted by atomic mass is 9.96. The Labute approximate surface area is 145 Å². The highest BCUT2D eigenvalue weighted by Gasteiger charge is 2.29. The van der Waals surface area contributed by atoms with Gasteiger partial charge in [-0.1, -0.05) is 25.9 Å². The number of hydrogen-bond acceptors (Lipinski definition) is 8. The number of hydrogen-bond donors (Lipinski definition) is 1. The molecule has 0 unspecified atom stereocenters. The molecule has 9 nitrogen and oxygen atoms in total. The van der Waals surface area contributed by atoms with E-state index < -0.39 is 0 Å². The van der Waals surface area contributed by atoms with Gasteiger partial charge in [0, 0.05) is 31.0 Å². The number of anilines is 2. The summed E-state index contributed by atoms with van der Waals surface area (Å²) in [5.74, 6) is 2.98. The fraction of sp³-hybridized carbons (Fsp3) is 0.562. The van der Waals surface area contributed by atoms with Gasteiger partial charge in [0.2, 0.25) is 0 Å². The molecule has 0 aliphatic carbocycles. The van der Waals surface area contributed by atoms with Gasteiger partial charge in [-0.05, 0) is 19.1 Å². The maximum Gasteiger partial charge on any atom is 0.321 e. The zero-order valence-corrected chi connectivity index (χ0v) is 14.9. The number of fused-ring (bicyclic) bond motifs is 1. The van der Waals surface area contributed by atoms with Gasteiger partial charge in [-0.25, -0.2) is 0 Å². The van der Waals surface area contributed by atoms with Gasteiger partial charge in [0.05, 0.1) is 0 Å². The quantitative estimate of drug-likeness (QED) is 0.764. The van der Waals surface area contributed by atoms with Crippen LogP contribution >= 0.6 is 0 Å². The van der Waals surface area contributed by atoms with E-state index in [2.05, 4.69) is 51.3 Å². The van der Waals surface area contributed by atoms with Gasteiger partial charge in [-0.15, -0.1) is 15.3 Å². The smallest absolute Gasteiger partial charge is 0.321 e. The fourth-order valence-corrected chi connectivity index (χ4v) is 2.90. The molecule has 9 heteroatoms. The molecule has 1 saturated heterocycles. The zero-order valence-electron chi connectivity index (χ0n) is 14.9. The summed E-state index contributed by atoms with van der Waals surface area (Å²) >= 11 is 0. The van der Waals surface area contributed by atoms with Crippen molar-refractivity contribution < 1.29 is 4.52 Å². The van der Waals surface area contributed by atoms with Crippen LogP contribution in [0.3, 0.4) is 0 Å². The molecule has 3 aromatic rings. The van der Waals surface area contributed by atoms with Gasteiger partial charge in [0.25, 0.3) is 0 Å². The molecule has 132 valence electrons. The lowest BCUT2D eigenvalue weighted by molar-refractivity contribution is 0.400. The van der Waals surface area contributed by atoms with Gasteiger partial charge >= 0.3 is 6.01 Å². The normalized spacial score (nSPS) is 15.6. The minimum Gasteiger partial charge on any atom is -0.354 e. The summed E-state index contributed by atoms with van der Waals surface area (Å²) in [4.78, 5) is 6.39. The first-order valence-electron chi connectivity index (χ1n) is 8.42. The van der Waals surface area contributed by atoms with Crippen molar-refractivity contribution in [3.05, 3.63) is 23.8 Å². The topological polar surface area (TPSA) is 97.3 Å². The van der Waals surface area contributed by atoms with Crippen molar-refractivity contribution in [3.63, 3.8) is 0 Å². The minimum atomic E-state index is -0.103. The number of rotatable bonds is 4. The third kappa shape index (κ3) is 3.01. The van der Waals surface area contributed by atoms with E-state index in [-0.39, 0.29) is 5.41 Å². The van der Waals surface area contributed by atoms with Crippen LogP contribution in [0.15, 0.2) is 16.7 Å². The average molecular weight is 342 g/mol. The van der Waals surface area contributed by atoms with Gasteiger partial charge in [0.15, 0.2) is 17.3 Å². The van der Waals surface area contributed by atoms with Crippen LogP contribution in [0.1, 0.15) is 32.4 Å². The van der Waals surface area contributed by atoms with Crippen molar-refractivity contribution in [2.24, 2.45) is 5.92 Å². The molecule has 4 heterocycles. The van der Waals surface area contributed by atoms with Crippen LogP contribution in [0.25, 0.3) is 5.65 Å². The first-order chi connectivity index (χ1) is 11.9. The Bertz CT molecular complexity index is 887. The highest BCUT2D eigenvalue weighted by Crippen LogP contribution is 2.25. The van der Waals surface area contributed by atoms with E-state index in [1.165, 1.54) is 0 Å². The molecular weight excluding hydrogens is 320 g/mol. The molecule has 1 aliphatic heterocycles. The Morgan fingerprint density at radius 1 is 1.24 bits per heavy atom. The summed E-state index contributed by atoms with van der Waals surface area (Å²) in [7, 11) is 0. The largest absolute Gasteiger partial charge is 0.354 e. The summed E-state index contributed by atoms with van der Waals surface area (Å²) in [6.07, 6.45) is 0. The molecule has 0 radical (unpaired) electrons. The van der Waals surface area contributed by atoms with Gasteiger partial charge in [0.1, 0.15) is 5.82 Å². The Hall–Kier alpha value is -2.71. The summed E-state index contributed by atoms with van der Waals surface area (Å²) in [6.45, 7) is 10.8. The van der Waals surface area contributed by atoms with Crippen LogP contribution in [-0.4, -0.2) is 49.6 Å². The minimum absolute atomic E-state index is 0.103. The molecular formula is C16H22N8O. The first kappa shape index (κ1) is 15.8. The van der Waals surface area contributed by atoms with E-state index in [9.17, 15) is 0 Å². The van der Waals surface area contributed by atoms with Crippen LogP contribution in [0.2, 0.25) is 0 Å². The lowest BCUT2D eigenvalue weighted by Gasteiger charge is -2.40. The van der Waals surface area contributed by atoms with Crippen LogP contribution in [0, 0.1) is 12.8 Å². The second-order valence-electron chi connectivity index (χ2n) is 7.53. The molecule has 1 aliphatic rings. The van der Waals surface area contributed by atoms with E-state index in [4.69, 9.17) is 9.62 Å². The number of aromatic nitrogens is 6. The van der Waals surface area contributed by atoms with Crippen molar-refractivity contribution >= 4 is 17.5 Å². The SMILES string of the molecule is Cc1noc(NCC2CN(c3ccc4nnc(C(C)(C)C)n4n3)C2)n1. The maximum atomic E-state index is 5.06. The van der Waals surface area contributed by atoms with Crippen molar-refractivity contribution in [2.45, 2.75) is 33.1 Å². The monoisotopic (exact) mass is 342 g/mol. The van der Waals surface area contributed by atoms with E-state index in [0.29, 0.717) is 17.8 Å². The van der Waals surface area contributed by atoms with Gasteiger partial charge in [-0.3, -0.25) is 0 Å². The van der Waals surface area contributed by atoms with E-state index in [1.54, 1.807) is 6.92 Å². The molecule has 0 aromatic carbocycles. The van der Waals surface area contributed by atoms with E-state index in [1.807, 2.05) is 16.6 Å². The molecule has 0 saturated carbocycles. The van der Waals surface area contributed by atoms with Crippen LogP contribution < -0.4 is 10.2 Å². The first-order valence-corrected chi connectivity index (χ1v) is 8.42. The van der Waals surface area contributed by atoms with Gasteiger partial charge < -0.3 is 14.7 Å². The van der Waals surface area contributed by atoms with Crippen LogP contribution in [0.4, 0.5) is 11.8 Å². The lowest BCUT2D eigenvalue weighted by Crippen LogP contribution is -2.50. The average Bonchev–Trinajstić information content (AvgIpc) is 3.10. The Morgan fingerprint density at radius 3 is 2.72 bits per heavy atom. The fourth-order valence-electron chi connectivity index (χ4n) is 2.90. The third-order valence-corrected chi connectivity index (χ3v) is 4.27. The summed E-state index contributed by atoms with van der Waals surface area (Å²) in [5.41, 5.74) is 0.674. The van der Waals surface area contributed by atoms with Crippen molar-refractivity contribution in [2.75, 3.05) is 29.9 Å². The summed E-state index contributed by atoms with van der Waals surface area (Å²) < 4.78 is 6.91. The molecule has 0 amide bonds. The zero-order chi connectivity index (χ0) is 17.6. The number of aryl methyl sites for hydroxylation is 1. The second kappa shape index (κ2) is 5.68. The predicted octanol–water partition coefficient (Wildman–Crippen LogP) is 1.66. The molecule has 0 atom stereocenters. The van der Waals surface area contributed by atoms with Crippen molar-refractivity contribution in [1.29, 1.82) is 0 Å². The van der Waals surface area contributed by atoms with E-state index >= 15 is 0 Å². The third-order valence-electron chi connectivity index (χ3n) is 4.27. The highest BCUT2D eigenvalue weighted by atomic mass is 16.5. The Balaban J connectivity index is 1.41. The highest BCUT2D eigenvalue weighted by molar-refractivity contribution is 5.48. The number of nitrogens with zero attached hydrogens (tertiary/aromatic N) is 7. The maximum absolute atomic E-state index is 5.06. The molecule has 25 heavy (non-hydrogen) atoms. The molecule has 3 aromatic heterocycles. The Morgan fingerprint density at radius 2 is 2.04 bits per heavy atom. The number of nitrogens with one attached hydrogen (secondary N) is 1. The molecule has 1 fully saturated rings. The molecule has 1 N–H and O–H groups in total. The van der Waals surface area contributed by atoms with Crippen molar-refractivity contribution in [3.8, 4) is 0 Å². The van der Waals surface area contributed by atoms with E-state index in [0.717, 1.165) is 36.9 Å². The summed E-state index contributed by atoms with van der Waals surface area (Å²) in [6, 6.07) is 4.45. The van der Waals surface area contributed by atoms with Gasteiger partial charge in [-0.2, -0.15) is 9.50 Å². The standard InChI is InChI=1S/C16H22N8O/c1-10-18-15(25-22-10)17-7-11-8-23(9-11)13-6-5-12-19-20-14(16(2,3)4)24(12)21-13/h5-6,11H,7-9H2,1-4H3,(H,17,18,22). The Kier molecular flexibility index (Phi) is 3.59. The van der Waals surface area contributed by atoms with Crippen molar-refractivity contribution in [1.82, 2.24) is 30.0 Å². The second-order valence-corrected chi connectivity index (χ2v) is 7.53. The molecule has 0 bridgehead atoms. The predicted molar refractivity (Wildman–Crippen MR) is 92.7 cm³/mol. The van der Waals surface area contributed by atoms with Crippen LogP contribution in [-0.2, 0) is 5.41 Å². The summed E-state index contributed by atoms with van der Waals surface area (Å²) in [5, 5.41) is 20.2. The molecule has 0 spiro atoms.